The van der Waals surface area contributed by atoms with E-state index in [-0.39, 0.29) is 17.8 Å². The number of ether oxygens (including phenoxy) is 2. The van der Waals surface area contributed by atoms with Crippen molar-refractivity contribution in [3.63, 3.8) is 0 Å². The van der Waals surface area contributed by atoms with E-state index in [0.29, 0.717) is 24.2 Å². The van der Waals surface area contributed by atoms with E-state index in [0.717, 1.165) is 35.9 Å². The number of nitrogens with zero attached hydrogens (tertiary/aromatic N) is 4. The molecule has 1 aliphatic heterocycles. The highest BCUT2D eigenvalue weighted by Crippen LogP contribution is 2.40. The predicted octanol–water partition coefficient (Wildman–Crippen LogP) is 3.54. The van der Waals surface area contributed by atoms with E-state index >= 15 is 0 Å². The highest BCUT2D eigenvalue weighted by molar-refractivity contribution is 7.99. The summed E-state index contributed by atoms with van der Waals surface area (Å²) in [5, 5.41) is 5.30. The molecule has 160 valence electrons. The Morgan fingerprint density at radius 3 is 2.65 bits per heavy atom. The maximum Gasteiger partial charge on any atom is 0.232 e. The third-order valence-electron chi connectivity index (χ3n) is 5.35. The Labute approximate surface area is 185 Å². The van der Waals surface area contributed by atoms with E-state index in [1.165, 1.54) is 11.8 Å². The Balaban J connectivity index is 1.19. The number of amides is 1. The summed E-state index contributed by atoms with van der Waals surface area (Å²) < 4.78 is 13.6. The summed E-state index contributed by atoms with van der Waals surface area (Å²) >= 11 is 1.38. The number of likely N-dealkylation sites (N-methyl/N-ethyl adjacent to an activating group) is 1. The van der Waals surface area contributed by atoms with Crippen LogP contribution in [0.5, 0.6) is 11.5 Å². The lowest BCUT2D eigenvalue weighted by Crippen LogP contribution is -2.42. The second-order valence-corrected chi connectivity index (χ2v) is 8.78. The number of aromatic nitrogens is 3. The highest BCUT2D eigenvalue weighted by Gasteiger charge is 2.31. The van der Waals surface area contributed by atoms with Gasteiger partial charge in [0.25, 0.3) is 0 Å². The van der Waals surface area contributed by atoms with Gasteiger partial charge < -0.3 is 14.4 Å². The maximum atomic E-state index is 12.7. The van der Waals surface area contributed by atoms with Crippen molar-refractivity contribution in [2.24, 2.45) is 0 Å². The number of fused-ring (bicyclic) bond motifs is 1. The molecule has 5 rings (SSSR count). The number of carbonyl (C=O) groups excluding carboxylic acids is 1. The van der Waals surface area contributed by atoms with Crippen LogP contribution in [-0.2, 0) is 4.79 Å². The van der Waals surface area contributed by atoms with E-state index in [9.17, 15) is 4.79 Å². The van der Waals surface area contributed by atoms with Crippen LogP contribution in [0.1, 0.15) is 24.6 Å². The zero-order chi connectivity index (χ0) is 21.2. The number of thioether (sulfide) groups is 1. The molecule has 0 bridgehead atoms. The second-order valence-electron chi connectivity index (χ2n) is 7.83. The van der Waals surface area contributed by atoms with Crippen molar-refractivity contribution in [3.05, 3.63) is 60.4 Å². The predicted molar refractivity (Wildman–Crippen MR) is 118 cm³/mol. The molecule has 31 heavy (non-hydrogen) atoms. The van der Waals surface area contributed by atoms with Crippen molar-refractivity contribution in [1.29, 1.82) is 0 Å². The number of hydrogen-bond acceptors (Lipinski definition) is 6. The smallest absolute Gasteiger partial charge is 0.232 e. The maximum absolute atomic E-state index is 12.7. The van der Waals surface area contributed by atoms with Gasteiger partial charge in [-0.05, 0) is 37.1 Å². The number of hydrogen-bond donors (Lipinski definition) is 0. The Morgan fingerprint density at radius 2 is 1.87 bits per heavy atom. The molecule has 0 N–H and O–H groups in total. The molecule has 1 atom stereocenters. The van der Waals surface area contributed by atoms with Crippen LogP contribution in [0.15, 0.2) is 59.8 Å². The van der Waals surface area contributed by atoms with E-state index in [1.54, 1.807) is 11.9 Å². The molecular formula is C23H24N4O3S. The normalized spacial score (nSPS) is 17.4. The van der Waals surface area contributed by atoms with Gasteiger partial charge in [-0.2, -0.15) is 0 Å². The fourth-order valence-corrected chi connectivity index (χ4v) is 4.30. The van der Waals surface area contributed by atoms with Crippen LogP contribution in [0.4, 0.5) is 0 Å². The van der Waals surface area contributed by atoms with Gasteiger partial charge in [-0.15, -0.1) is 5.10 Å². The molecule has 2 heterocycles. The Hall–Kier alpha value is -3.00. The molecule has 2 aromatic carbocycles. The van der Waals surface area contributed by atoms with Crippen LogP contribution in [-0.4, -0.2) is 57.6 Å². The van der Waals surface area contributed by atoms with Crippen molar-refractivity contribution < 1.29 is 14.3 Å². The molecule has 3 aromatic rings. The molecule has 0 radical (unpaired) electrons. The van der Waals surface area contributed by atoms with Gasteiger partial charge in [0.2, 0.25) is 11.1 Å². The number of para-hydroxylation sites is 3. The molecule has 1 aromatic heterocycles. The first-order chi connectivity index (χ1) is 15.2. The number of carbonyl (C=O) groups is 1. The van der Waals surface area contributed by atoms with Gasteiger partial charge in [-0.25, -0.2) is 9.67 Å². The van der Waals surface area contributed by atoms with Gasteiger partial charge in [0.05, 0.1) is 18.0 Å². The molecule has 2 aliphatic rings. The molecule has 7 nitrogen and oxygen atoms in total. The quantitative estimate of drug-likeness (QED) is 0.528. The van der Waals surface area contributed by atoms with E-state index in [4.69, 9.17) is 14.5 Å². The van der Waals surface area contributed by atoms with Gasteiger partial charge in [0, 0.05) is 13.0 Å². The van der Waals surface area contributed by atoms with Crippen LogP contribution in [0.25, 0.3) is 5.69 Å². The first-order valence-corrected chi connectivity index (χ1v) is 11.4. The number of benzene rings is 2. The average Bonchev–Trinajstić information content (AvgIpc) is 3.57. The van der Waals surface area contributed by atoms with Gasteiger partial charge >= 0.3 is 0 Å². The highest BCUT2D eigenvalue weighted by atomic mass is 32.2. The first-order valence-electron chi connectivity index (χ1n) is 10.4. The summed E-state index contributed by atoms with van der Waals surface area (Å²) in [6, 6.07) is 17.6. The van der Waals surface area contributed by atoms with Crippen LogP contribution < -0.4 is 9.47 Å². The standard InChI is InChI=1S/C23H24N4O3S/c1-26(13-18-14-29-19-9-5-6-10-20(19)30-18)21(28)15-31-23-24-22(16-11-12-16)27(25-23)17-7-3-2-4-8-17/h2-10,16,18H,11-15H2,1H3/t18-/m0/s1. The summed E-state index contributed by atoms with van der Waals surface area (Å²) in [4.78, 5) is 19.1. The second kappa shape index (κ2) is 8.63. The molecule has 1 fully saturated rings. The van der Waals surface area contributed by atoms with E-state index < -0.39 is 0 Å². The van der Waals surface area contributed by atoms with Crippen molar-refractivity contribution in [2.75, 3.05) is 26.0 Å². The zero-order valence-electron chi connectivity index (χ0n) is 17.3. The van der Waals surface area contributed by atoms with Crippen LogP contribution in [0, 0.1) is 0 Å². The minimum atomic E-state index is -0.189. The largest absolute Gasteiger partial charge is 0.486 e. The lowest BCUT2D eigenvalue weighted by molar-refractivity contribution is -0.128. The minimum Gasteiger partial charge on any atom is -0.486 e. The lowest BCUT2D eigenvalue weighted by atomic mass is 10.2. The fourth-order valence-electron chi connectivity index (χ4n) is 3.53. The van der Waals surface area contributed by atoms with Crippen molar-refractivity contribution >= 4 is 17.7 Å². The molecule has 0 spiro atoms. The summed E-state index contributed by atoms with van der Waals surface area (Å²) in [5.74, 6) is 3.21. The summed E-state index contributed by atoms with van der Waals surface area (Å²) in [5.41, 5.74) is 1.00. The average molecular weight is 437 g/mol. The van der Waals surface area contributed by atoms with Crippen molar-refractivity contribution in [3.8, 4) is 17.2 Å². The molecular weight excluding hydrogens is 412 g/mol. The van der Waals surface area contributed by atoms with Gasteiger partial charge in [-0.3, -0.25) is 4.79 Å². The fraction of sp³-hybridized carbons (Fsp3) is 0.348. The van der Waals surface area contributed by atoms with Crippen molar-refractivity contribution in [1.82, 2.24) is 19.7 Å². The molecule has 0 unspecified atom stereocenters. The first kappa shape index (κ1) is 19.9. The summed E-state index contributed by atoms with van der Waals surface area (Å²) in [7, 11) is 1.79. The minimum absolute atomic E-state index is 0.0106. The van der Waals surface area contributed by atoms with Gasteiger partial charge in [-0.1, -0.05) is 42.1 Å². The third-order valence-corrected chi connectivity index (χ3v) is 6.17. The summed E-state index contributed by atoms with van der Waals surface area (Å²) in [6.45, 7) is 0.891. The van der Waals surface area contributed by atoms with Crippen LogP contribution in [0.3, 0.4) is 0 Å². The van der Waals surface area contributed by atoms with Gasteiger partial charge in [0.1, 0.15) is 12.4 Å². The number of rotatable bonds is 7. The molecule has 0 saturated heterocycles. The molecule has 1 saturated carbocycles. The SMILES string of the molecule is CN(C[C@H]1COc2ccccc2O1)C(=O)CSc1nc(C2CC2)n(-c2ccccc2)n1. The van der Waals surface area contributed by atoms with E-state index in [2.05, 4.69) is 5.10 Å². The van der Waals surface area contributed by atoms with Crippen LogP contribution >= 0.6 is 11.8 Å². The Bertz CT molecular complexity index is 1070. The Kier molecular flexibility index (Phi) is 5.55. The zero-order valence-corrected chi connectivity index (χ0v) is 18.1. The molecule has 1 amide bonds. The summed E-state index contributed by atoms with van der Waals surface area (Å²) in [6.07, 6.45) is 2.10. The van der Waals surface area contributed by atoms with Crippen LogP contribution in [0.2, 0.25) is 0 Å². The van der Waals surface area contributed by atoms with Crippen molar-refractivity contribution in [2.45, 2.75) is 30.0 Å². The monoisotopic (exact) mass is 436 g/mol. The molecule has 8 heteroatoms. The Morgan fingerprint density at radius 1 is 1.13 bits per heavy atom. The topological polar surface area (TPSA) is 69.5 Å². The lowest BCUT2D eigenvalue weighted by Gasteiger charge is -2.29. The van der Waals surface area contributed by atoms with Gasteiger partial charge in [0.15, 0.2) is 17.6 Å². The third kappa shape index (κ3) is 4.54. The van der Waals surface area contributed by atoms with E-state index in [1.807, 2.05) is 59.3 Å². The molecule has 1 aliphatic carbocycles.